The van der Waals surface area contributed by atoms with Crippen molar-refractivity contribution < 1.29 is 9.59 Å². The van der Waals surface area contributed by atoms with Crippen LogP contribution in [0.4, 0.5) is 0 Å². The van der Waals surface area contributed by atoms with Crippen molar-refractivity contribution in [1.29, 1.82) is 5.26 Å². The molecule has 1 aromatic heterocycles. The van der Waals surface area contributed by atoms with Crippen molar-refractivity contribution in [3.8, 4) is 6.07 Å². The van der Waals surface area contributed by atoms with Crippen LogP contribution in [0.2, 0.25) is 0 Å². The first-order valence-corrected chi connectivity index (χ1v) is 7.86. The molecular weight excluding hydrogens is 352 g/mol. The van der Waals surface area contributed by atoms with E-state index in [-0.39, 0.29) is 12.2 Å². The summed E-state index contributed by atoms with van der Waals surface area (Å²) in [5.41, 5.74) is -0.791. The molecule has 1 aromatic carbocycles. The lowest BCUT2D eigenvalue weighted by molar-refractivity contribution is -0.144. The quantitative estimate of drug-likeness (QED) is 0.639. The number of carbonyl (C=O) groups excluding carboxylic acids is 2. The third-order valence-corrected chi connectivity index (χ3v) is 4.10. The van der Waals surface area contributed by atoms with Crippen LogP contribution >= 0.6 is 0 Å². The summed E-state index contributed by atoms with van der Waals surface area (Å²) in [7, 11) is 2.66. The van der Waals surface area contributed by atoms with Crippen molar-refractivity contribution in [2.45, 2.75) is 12.5 Å². The molecule has 0 bridgehead atoms. The summed E-state index contributed by atoms with van der Waals surface area (Å²) in [6.07, 6.45) is 1.15. The Morgan fingerprint density at radius 2 is 1.93 bits per heavy atom. The molecule has 2 aromatic rings. The molecule has 2 heterocycles. The van der Waals surface area contributed by atoms with Crippen LogP contribution in [0.1, 0.15) is 22.7 Å². The maximum atomic E-state index is 12.8. The molecule has 0 N–H and O–H groups in total. The number of Topliss-reactive ketones (excluding diaryl/α,β-unsaturated/α-hetero) is 1. The summed E-state index contributed by atoms with van der Waals surface area (Å²) in [4.78, 5) is 49.3. The van der Waals surface area contributed by atoms with Crippen molar-refractivity contribution in [2.75, 3.05) is 7.05 Å². The Bertz CT molecular complexity index is 1140. The highest BCUT2D eigenvalue weighted by atomic mass is 16.2. The van der Waals surface area contributed by atoms with Gasteiger partial charge in [0, 0.05) is 20.3 Å². The second-order valence-corrected chi connectivity index (χ2v) is 5.93. The predicted octanol–water partition coefficient (Wildman–Crippen LogP) is -1.03. The fourth-order valence-electron chi connectivity index (χ4n) is 2.68. The molecule has 1 atom stereocenters. The fraction of sp³-hybridized carbons (Fsp3) is 0.235. The number of amides is 1. The first kappa shape index (κ1) is 17.9. The van der Waals surface area contributed by atoms with Crippen LogP contribution in [0.25, 0.3) is 0 Å². The topological polar surface area (TPSA) is 130 Å². The van der Waals surface area contributed by atoms with Crippen LogP contribution < -0.4 is 11.2 Å². The summed E-state index contributed by atoms with van der Waals surface area (Å²) in [5, 5.41) is 17.5. The molecule has 0 radical (unpaired) electrons. The fourth-order valence-corrected chi connectivity index (χ4v) is 2.68. The van der Waals surface area contributed by atoms with Gasteiger partial charge in [-0.1, -0.05) is 12.1 Å². The number of benzene rings is 1. The molecule has 0 spiro atoms. The van der Waals surface area contributed by atoms with Gasteiger partial charge in [0.25, 0.3) is 5.56 Å². The monoisotopic (exact) mass is 366 g/mol. The third-order valence-electron chi connectivity index (χ3n) is 4.10. The number of hydrazone groups is 1. The lowest BCUT2D eigenvalue weighted by atomic mass is 10.00. The summed E-state index contributed by atoms with van der Waals surface area (Å²) in [6.45, 7) is -0.109. The SMILES string of the molecule is CN1N=CC(c2nn(C)c(=O)n(Cc3cccc(C#N)c3)c2=O)C(=O)C1=O. The van der Waals surface area contributed by atoms with Crippen LogP contribution in [0.5, 0.6) is 0 Å². The van der Waals surface area contributed by atoms with Crippen molar-refractivity contribution in [1.82, 2.24) is 19.4 Å². The van der Waals surface area contributed by atoms with Crippen LogP contribution in [-0.2, 0) is 23.2 Å². The van der Waals surface area contributed by atoms with Crippen molar-refractivity contribution in [3.63, 3.8) is 0 Å². The maximum Gasteiger partial charge on any atom is 0.347 e. The van der Waals surface area contributed by atoms with Crippen LogP contribution in [0.15, 0.2) is 39.0 Å². The number of hydrogen-bond acceptors (Lipinski definition) is 7. The number of aryl methyl sites for hydroxylation is 1. The normalized spacial score (nSPS) is 16.5. The molecule has 0 saturated carbocycles. The summed E-state index contributed by atoms with van der Waals surface area (Å²) >= 11 is 0. The Balaban J connectivity index is 2.12. The highest BCUT2D eigenvalue weighted by Crippen LogP contribution is 2.14. The van der Waals surface area contributed by atoms with Gasteiger partial charge in [-0.25, -0.2) is 14.5 Å². The van der Waals surface area contributed by atoms with Crippen molar-refractivity contribution in [2.24, 2.45) is 12.1 Å². The number of aromatic nitrogens is 3. The number of nitrogens with zero attached hydrogens (tertiary/aromatic N) is 6. The Morgan fingerprint density at radius 1 is 1.19 bits per heavy atom. The van der Waals surface area contributed by atoms with Gasteiger partial charge in [0.1, 0.15) is 11.6 Å². The second-order valence-electron chi connectivity index (χ2n) is 5.93. The van der Waals surface area contributed by atoms with Crippen molar-refractivity contribution >= 4 is 17.9 Å². The maximum absolute atomic E-state index is 12.8. The lowest BCUT2D eigenvalue weighted by Crippen LogP contribution is -2.47. The smallest absolute Gasteiger partial charge is 0.287 e. The molecule has 10 heteroatoms. The van der Waals surface area contributed by atoms with Gasteiger partial charge in [-0.15, -0.1) is 0 Å². The molecule has 0 fully saturated rings. The van der Waals surface area contributed by atoms with Gasteiger partial charge in [-0.05, 0) is 17.7 Å². The molecular formula is C17H14N6O4. The minimum Gasteiger partial charge on any atom is -0.287 e. The third kappa shape index (κ3) is 3.18. The highest BCUT2D eigenvalue weighted by Gasteiger charge is 2.35. The zero-order valence-corrected chi connectivity index (χ0v) is 14.5. The molecule has 3 rings (SSSR count). The molecule has 1 amide bonds. The number of ketones is 1. The Kier molecular flexibility index (Phi) is 4.51. The lowest BCUT2D eigenvalue weighted by Gasteiger charge is -2.20. The molecule has 1 aliphatic rings. The van der Waals surface area contributed by atoms with E-state index in [1.54, 1.807) is 24.3 Å². The average Bonchev–Trinajstić information content (AvgIpc) is 2.67. The van der Waals surface area contributed by atoms with Gasteiger partial charge in [0.15, 0.2) is 0 Å². The van der Waals surface area contributed by atoms with Gasteiger partial charge in [0.05, 0.1) is 18.2 Å². The number of hydrogen-bond donors (Lipinski definition) is 0. The first-order chi connectivity index (χ1) is 12.8. The zero-order chi connectivity index (χ0) is 19.7. The van der Waals surface area contributed by atoms with E-state index in [2.05, 4.69) is 10.2 Å². The van der Waals surface area contributed by atoms with E-state index in [1.165, 1.54) is 14.1 Å². The Labute approximate surface area is 152 Å². The minimum absolute atomic E-state index is 0.109. The molecule has 1 aliphatic heterocycles. The van der Waals surface area contributed by atoms with E-state index in [4.69, 9.17) is 5.26 Å². The van der Waals surface area contributed by atoms with Crippen LogP contribution in [0, 0.1) is 11.3 Å². The van der Waals surface area contributed by atoms with Crippen LogP contribution in [0.3, 0.4) is 0 Å². The molecule has 0 aliphatic carbocycles. The van der Waals surface area contributed by atoms with Crippen LogP contribution in [-0.4, -0.2) is 44.3 Å². The Hall–Kier alpha value is -3.87. The standard InChI is InChI=1S/C17H14N6O4/c1-21-16(26)14(24)12(8-19-21)13-15(25)23(17(27)22(2)20-13)9-11-5-3-4-10(6-11)7-18/h3-6,8,12H,9H2,1-2H3. The van der Waals surface area contributed by atoms with Gasteiger partial charge < -0.3 is 0 Å². The van der Waals surface area contributed by atoms with E-state index >= 15 is 0 Å². The highest BCUT2D eigenvalue weighted by molar-refractivity contribution is 6.42. The second kappa shape index (κ2) is 6.80. The predicted molar refractivity (Wildman–Crippen MR) is 93.0 cm³/mol. The number of carbonyl (C=O) groups is 2. The van der Waals surface area contributed by atoms with E-state index in [9.17, 15) is 19.2 Å². The molecule has 10 nitrogen and oxygen atoms in total. The number of nitriles is 1. The van der Waals surface area contributed by atoms with Gasteiger partial charge >= 0.3 is 11.6 Å². The summed E-state index contributed by atoms with van der Waals surface area (Å²) < 4.78 is 1.83. The minimum atomic E-state index is -1.26. The van der Waals surface area contributed by atoms with Gasteiger partial charge in [-0.3, -0.25) is 19.0 Å². The molecule has 0 saturated heterocycles. The van der Waals surface area contributed by atoms with Gasteiger partial charge in [0.2, 0.25) is 5.78 Å². The molecule has 136 valence electrons. The molecule has 1 unspecified atom stereocenters. The number of rotatable bonds is 3. The number of likely N-dealkylation sites (N-methyl/N-ethyl adjacent to an activating group) is 1. The summed E-state index contributed by atoms with van der Waals surface area (Å²) in [5.74, 6) is -2.98. The van der Waals surface area contributed by atoms with E-state index < -0.39 is 28.9 Å². The van der Waals surface area contributed by atoms with E-state index in [0.717, 1.165) is 20.5 Å². The zero-order valence-electron chi connectivity index (χ0n) is 14.5. The molecule has 27 heavy (non-hydrogen) atoms. The van der Waals surface area contributed by atoms with Gasteiger partial charge in [-0.2, -0.15) is 15.5 Å². The van der Waals surface area contributed by atoms with Crippen molar-refractivity contribution in [3.05, 3.63) is 61.9 Å². The largest absolute Gasteiger partial charge is 0.347 e. The Morgan fingerprint density at radius 3 is 2.63 bits per heavy atom. The summed E-state index contributed by atoms with van der Waals surface area (Å²) in [6, 6.07) is 8.44. The van der Waals surface area contributed by atoms with E-state index in [1.807, 2.05) is 6.07 Å². The average molecular weight is 366 g/mol. The van der Waals surface area contributed by atoms with E-state index in [0.29, 0.717) is 11.1 Å². The first-order valence-electron chi connectivity index (χ1n) is 7.86.